The lowest BCUT2D eigenvalue weighted by Gasteiger charge is -2.27. The lowest BCUT2D eigenvalue weighted by Crippen LogP contribution is -2.44. The van der Waals surface area contributed by atoms with Gasteiger partial charge in [-0.2, -0.15) is 5.26 Å². The van der Waals surface area contributed by atoms with Gasteiger partial charge >= 0.3 is 0 Å². The van der Waals surface area contributed by atoms with E-state index in [0.29, 0.717) is 12.2 Å². The Labute approximate surface area is 114 Å². The molecule has 0 saturated carbocycles. The molecule has 0 fully saturated rings. The molecule has 1 rings (SSSR count). The molecule has 1 N–H and O–H groups in total. The normalized spacial score (nSPS) is 15.3. The first-order chi connectivity index (χ1) is 8.99. The van der Waals surface area contributed by atoms with Crippen molar-refractivity contribution in [1.29, 1.82) is 5.26 Å². The van der Waals surface area contributed by atoms with E-state index in [1.54, 1.807) is 12.1 Å². The van der Waals surface area contributed by atoms with Crippen molar-refractivity contribution in [1.82, 2.24) is 5.32 Å². The molecule has 2 unspecified atom stereocenters. The minimum absolute atomic E-state index is 0.171. The summed E-state index contributed by atoms with van der Waals surface area (Å²) < 4.78 is 18.7. The fraction of sp³-hybridized carbons (Fsp3) is 0.533. The zero-order valence-corrected chi connectivity index (χ0v) is 11.7. The van der Waals surface area contributed by atoms with Crippen LogP contribution in [0.5, 0.6) is 5.75 Å². The Morgan fingerprint density at radius 2 is 2.26 bits per heavy atom. The van der Waals surface area contributed by atoms with Crippen LogP contribution < -0.4 is 10.1 Å². The number of hydrogen-bond acceptors (Lipinski definition) is 3. The molecule has 2 atom stereocenters. The number of nitrogens with one attached hydrogen (secondary N) is 1. The van der Waals surface area contributed by atoms with E-state index in [1.807, 2.05) is 13.8 Å². The van der Waals surface area contributed by atoms with Crippen LogP contribution in [0.15, 0.2) is 24.3 Å². The van der Waals surface area contributed by atoms with Crippen molar-refractivity contribution < 1.29 is 9.13 Å². The van der Waals surface area contributed by atoms with Gasteiger partial charge in [0.25, 0.3) is 0 Å². The third-order valence-electron chi connectivity index (χ3n) is 2.84. The molecule has 0 aliphatic heterocycles. The third kappa shape index (κ3) is 5.27. The van der Waals surface area contributed by atoms with Gasteiger partial charge in [0, 0.05) is 12.5 Å². The van der Waals surface area contributed by atoms with Crippen molar-refractivity contribution in [3.05, 3.63) is 30.1 Å². The van der Waals surface area contributed by atoms with Crippen molar-refractivity contribution in [3.8, 4) is 11.8 Å². The first-order valence-corrected chi connectivity index (χ1v) is 6.57. The van der Waals surface area contributed by atoms with Gasteiger partial charge in [0.1, 0.15) is 17.1 Å². The molecule has 0 aliphatic rings. The van der Waals surface area contributed by atoms with E-state index in [0.717, 1.165) is 13.0 Å². The summed E-state index contributed by atoms with van der Waals surface area (Å²) in [6, 6.07) is 8.32. The highest BCUT2D eigenvalue weighted by Crippen LogP contribution is 2.19. The number of nitrogens with zero attached hydrogens (tertiary/aromatic N) is 1. The van der Waals surface area contributed by atoms with Crippen molar-refractivity contribution in [2.45, 2.75) is 45.3 Å². The average molecular weight is 264 g/mol. The lowest BCUT2D eigenvalue weighted by atomic mass is 9.96. The second-order valence-electron chi connectivity index (χ2n) is 4.96. The molecule has 0 radical (unpaired) electrons. The van der Waals surface area contributed by atoms with Gasteiger partial charge in [-0.15, -0.1) is 0 Å². The molecule has 1 aromatic carbocycles. The SMILES string of the molecule is CCCNC(C)(C#N)CC(C)Oc1cccc(F)c1. The van der Waals surface area contributed by atoms with Gasteiger partial charge in [-0.05, 0) is 38.9 Å². The van der Waals surface area contributed by atoms with Crippen LogP contribution in [0.1, 0.15) is 33.6 Å². The van der Waals surface area contributed by atoms with E-state index >= 15 is 0 Å². The predicted octanol–water partition coefficient (Wildman–Crippen LogP) is 3.26. The van der Waals surface area contributed by atoms with Crippen LogP contribution in [0.4, 0.5) is 4.39 Å². The average Bonchev–Trinajstić information content (AvgIpc) is 2.36. The molecular formula is C15H21FN2O. The van der Waals surface area contributed by atoms with Crippen molar-refractivity contribution in [2.24, 2.45) is 0 Å². The summed E-state index contributed by atoms with van der Waals surface area (Å²) in [4.78, 5) is 0. The van der Waals surface area contributed by atoms with Gasteiger partial charge in [-0.1, -0.05) is 13.0 Å². The van der Waals surface area contributed by atoms with E-state index in [9.17, 15) is 9.65 Å². The summed E-state index contributed by atoms with van der Waals surface area (Å²) in [6.07, 6.45) is 1.34. The number of benzene rings is 1. The van der Waals surface area contributed by atoms with E-state index in [1.165, 1.54) is 12.1 Å². The monoisotopic (exact) mass is 264 g/mol. The smallest absolute Gasteiger partial charge is 0.126 e. The van der Waals surface area contributed by atoms with Gasteiger partial charge < -0.3 is 4.74 Å². The van der Waals surface area contributed by atoms with E-state index in [2.05, 4.69) is 18.3 Å². The van der Waals surface area contributed by atoms with E-state index < -0.39 is 5.54 Å². The van der Waals surface area contributed by atoms with E-state index in [4.69, 9.17) is 4.74 Å². The zero-order valence-electron chi connectivity index (χ0n) is 11.7. The maximum atomic E-state index is 13.0. The summed E-state index contributed by atoms with van der Waals surface area (Å²) in [5, 5.41) is 12.5. The van der Waals surface area contributed by atoms with Crippen molar-refractivity contribution >= 4 is 0 Å². The largest absolute Gasteiger partial charge is 0.491 e. The van der Waals surface area contributed by atoms with Crippen LogP contribution in [0.3, 0.4) is 0 Å². The van der Waals surface area contributed by atoms with Gasteiger partial charge in [-0.3, -0.25) is 5.32 Å². The molecule has 0 amide bonds. The highest BCUT2D eigenvalue weighted by molar-refractivity contribution is 5.22. The highest BCUT2D eigenvalue weighted by atomic mass is 19.1. The number of nitriles is 1. The second kappa shape index (κ2) is 7.10. The molecule has 4 heteroatoms. The molecular weight excluding hydrogens is 243 g/mol. The number of hydrogen-bond donors (Lipinski definition) is 1. The predicted molar refractivity (Wildman–Crippen MR) is 73.4 cm³/mol. The number of halogens is 1. The Hall–Kier alpha value is -1.60. The Morgan fingerprint density at radius 1 is 1.53 bits per heavy atom. The summed E-state index contributed by atoms with van der Waals surface area (Å²) >= 11 is 0. The van der Waals surface area contributed by atoms with Crippen molar-refractivity contribution in [2.75, 3.05) is 6.54 Å². The molecule has 0 spiro atoms. The number of rotatable bonds is 7. The van der Waals surface area contributed by atoms with Gasteiger partial charge in [0.05, 0.1) is 12.2 Å². The van der Waals surface area contributed by atoms with Gasteiger partial charge in [0.2, 0.25) is 0 Å². The van der Waals surface area contributed by atoms with Crippen LogP contribution in [-0.4, -0.2) is 18.2 Å². The Balaban J connectivity index is 2.58. The molecule has 104 valence electrons. The standard InChI is InChI=1S/C15H21FN2O/c1-4-8-18-15(3,11-17)10-12(2)19-14-7-5-6-13(16)9-14/h5-7,9,12,18H,4,8,10H2,1-3H3. The summed E-state index contributed by atoms with van der Waals surface area (Å²) in [5.74, 6) is 0.167. The maximum absolute atomic E-state index is 13.0. The fourth-order valence-corrected chi connectivity index (χ4v) is 1.95. The van der Waals surface area contributed by atoms with Crippen molar-refractivity contribution in [3.63, 3.8) is 0 Å². The Kier molecular flexibility index (Phi) is 5.78. The topological polar surface area (TPSA) is 45.0 Å². The Morgan fingerprint density at radius 3 is 2.84 bits per heavy atom. The fourth-order valence-electron chi connectivity index (χ4n) is 1.95. The molecule has 0 bridgehead atoms. The molecule has 0 saturated heterocycles. The van der Waals surface area contributed by atoms with Gasteiger partial charge in [0.15, 0.2) is 0 Å². The molecule has 0 aromatic heterocycles. The zero-order chi connectivity index (χ0) is 14.3. The highest BCUT2D eigenvalue weighted by Gasteiger charge is 2.26. The van der Waals surface area contributed by atoms with Crippen LogP contribution in [0.25, 0.3) is 0 Å². The maximum Gasteiger partial charge on any atom is 0.126 e. The Bertz CT molecular complexity index is 444. The first kappa shape index (κ1) is 15.5. The molecule has 0 aliphatic carbocycles. The van der Waals surface area contributed by atoms with Gasteiger partial charge in [-0.25, -0.2) is 4.39 Å². The van der Waals surface area contributed by atoms with Crippen LogP contribution in [0, 0.1) is 17.1 Å². The molecule has 3 nitrogen and oxygen atoms in total. The molecule has 1 aromatic rings. The lowest BCUT2D eigenvalue weighted by molar-refractivity contribution is 0.179. The molecule has 0 heterocycles. The summed E-state index contributed by atoms with van der Waals surface area (Å²) in [7, 11) is 0. The summed E-state index contributed by atoms with van der Waals surface area (Å²) in [6.45, 7) is 6.58. The number of ether oxygens (including phenoxy) is 1. The van der Waals surface area contributed by atoms with E-state index in [-0.39, 0.29) is 11.9 Å². The quantitative estimate of drug-likeness (QED) is 0.822. The minimum atomic E-state index is -0.622. The van der Waals surface area contributed by atoms with Crippen LogP contribution >= 0.6 is 0 Å². The second-order valence-corrected chi connectivity index (χ2v) is 4.96. The molecule has 19 heavy (non-hydrogen) atoms. The first-order valence-electron chi connectivity index (χ1n) is 6.57. The third-order valence-corrected chi connectivity index (χ3v) is 2.84. The van der Waals surface area contributed by atoms with Crippen LogP contribution in [0.2, 0.25) is 0 Å². The summed E-state index contributed by atoms with van der Waals surface area (Å²) in [5.41, 5.74) is -0.622. The van der Waals surface area contributed by atoms with Crippen LogP contribution in [-0.2, 0) is 0 Å². The minimum Gasteiger partial charge on any atom is -0.491 e.